The standard InChI is InChI=1S/C14H13BrCl2N2/c1-9(13-5-3-11(16)6-14(13)17)18-8-12-4-2-10(15)7-19-12/h2-7,9,18H,8H2,1H3. The lowest BCUT2D eigenvalue weighted by Gasteiger charge is -2.15. The smallest absolute Gasteiger partial charge is 0.0542 e. The minimum Gasteiger partial charge on any atom is -0.305 e. The molecule has 1 aromatic heterocycles. The highest BCUT2D eigenvalue weighted by Gasteiger charge is 2.09. The summed E-state index contributed by atoms with van der Waals surface area (Å²) in [6, 6.07) is 9.64. The highest BCUT2D eigenvalue weighted by molar-refractivity contribution is 9.10. The lowest BCUT2D eigenvalue weighted by molar-refractivity contribution is 0.568. The van der Waals surface area contributed by atoms with Gasteiger partial charge in [0.25, 0.3) is 0 Å². The number of benzene rings is 1. The van der Waals surface area contributed by atoms with E-state index >= 15 is 0 Å². The molecule has 100 valence electrons. The molecule has 0 radical (unpaired) electrons. The van der Waals surface area contributed by atoms with Gasteiger partial charge in [-0.1, -0.05) is 29.3 Å². The monoisotopic (exact) mass is 358 g/mol. The molecule has 2 nitrogen and oxygen atoms in total. The van der Waals surface area contributed by atoms with E-state index in [1.165, 1.54) is 0 Å². The Bertz CT molecular complexity index is 558. The predicted molar refractivity (Wildman–Crippen MR) is 83.7 cm³/mol. The molecule has 0 aliphatic rings. The van der Waals surface area contributed by atoms with Crippen molar-refractivity contribution in [3.63, 3.8) is 0 Å². The van der Waals surface area contributed by atoms with Crippen molar-refractivity contribution in [1.82, 2.24) is 10.3 Å². The van der Waals surface area contributed by atoms with Crippen molar-refractivity contribution in [2.75, 3.05) is 0 Å². The second-order valence-corrected chi connectivity index (χ2v) is 6.00. The summed E-state index contributed by atoms with van der Waals surface area (Å²) in [5.74, 6) is 0. The van der Waals surface area contributed by atoms with Crippen LogP contribution in [0.25, 0.3) is 0 Å². The summed E-state index contributed by atoms with van der Waals surface area (Å²) in [4.78, 5) is 4.32. The number of nitrogens with one attached hydrogen (secondary N) is 1. The van der Waals surface area contributed by atoms with E-state index in [9.17, 15) is 0 Å². The molecule has 5 heteroatoms. The second-order valence-electron chi connectivity index (χ2n) is 4.24. The molecule has 1 atom stereocenters. The second kappa shape index (κ2) is 6.71. The third-order valence-electron chi connectivity index (χ3n) is 2.81. The van der Waals surface area contributed by atoms with Crippen LogP contribution in [-0.4, -0.2) is 4.98 Å². The van der Waals surface area contributed by atoms with Gasteiger partial charge in [0.15, 0.2) is 0 Å². The van der Waals surface area contributed by atoms with Gasteiger partial charge in [0.2, 0.25) is 0 Å². The van der Waals surface area contributed by atoms with Crippen LogP contribution in [0.5, 0.6) is 0 Å². The van der Waals surface area contributed by atoms with Crippen LogP contribution in [0, 0.1) is 0 Å². The third kappa shape index (κ3) is 4.18. The first-order chi connectivity index (χ1) is 9.06. The van der Waals surface area contributed by atoms with Gasteiger partial charge in [0.05, 0.1) is 5.69 Å². The minimum atomic E-state index is 0.134. The Kier molecular flexibility index (Phi) is 5.22. The number of rotatable bonds is 4. The maximum absolute atomic E-state index is 6.18. The molecule has 0 aliphatic heterocycles. The summed E-state index contributed by atoms with van der Waals surface area (Å²) >= 11 is 15.4. The molecule has 19 heavy (non-hydrogen) atoms. The summed E-state index contributed by atoms with van der Waals surface area (Å²) in [6.07, 6.45) is 1.79. The van der Waals surface area contributed by atoms with Gasteiger partial charge < -0.3 is 5.32 Å². The van der Waals surface area contributed by atoms with Gasteiger partial charge >= 0.3 is 0 Å². The van der Waals surface area contributed by atoms with E-state index in [0.29, 0.717) is 16.6 Å². The lowest BCUT2D eigenvalue weighted by Crippen LogP contribution is -2.19. The number of nitrogens with zero attached hydrogens (tertiary/aromatic N) is 1. The van der Waals surface area contributed by atoms with Gasteiger partial charge in [0, 0.05) is 33.3 Å². The van der Waals surface area contributed by atoms with Gasteiger partial charge in [0.1, 0.15) is 0 Å². The number of hydrogen-bond donors (Lipinski definition) is 1. The van der Waals surface area contributed by atoms with E-state index in [1.54, 1.807) is 12.3 Å². The Morgan fingerprint density at radius 2 is 2.05 bits per heavy atom. The molecule has 0 amide bonds. The molecule has 0 bridgehead atoms. The molecule has 1 heterocycles. The Hall–Kier alpha value is -0.610. The Balaban J connectivity index is 2.01. The Morgan fingerprint density at radius 1 is 1.26 bits per heavy atom. The number of halogens is 3. The molecule has 0 spiro atoms. The van der Waals surface area contributed by atoms with Gasteiger partial charge in [-0.3, -0.25) is 4.98 Å². The Morgan fingerprint density at radius 3 is 2.68 bits per heavy atom. The van der Waals surface area contributed by atoms with Gasteiger partial charge in [-0.25, -0.2) is 0 Å². The zero-order chi connectivity index (χ0) is 13.8. The van der Waals surface area contributed by atoms with Crippen LogP contribution in [-0.2, 0) is 6.54 Å². The fraction of sp³-hybridized carbons (Fsp3) is 0.214. The van der Waals surface area contributed by atoms with Crippen molar-refractivity contribution in [3.8, 4) is 0 Å². The highest BCUT2D eigenvalue weighted by atomic mass is 79.9. The minimum absolute atomic E-state index is 0.134. The average molecular weight is 360 g/mol. The fourth-order valence-electron chi connectivity index (χ4n) is 1.73. The molecule has 2 rings (SSSR count). The third-order valence-corrected chi connectivity index (χ3v) is 3.84. The number of aromatic nitrogens is 1. The van der Waals surface area contributed by atoms with Crippen LogP contribution in [0.1, 0.15) is 24.2 Å². The number of hydrogen-bond acceptors (Lipinski definition) is 2. The normalized spacial score (nSPS) is 12.4. The van der Waals surface area contributed by atoms with Crippen LogP contribution in [0.4, 0.5) is 0 Å². The highest BCUT2D eigenvalue weighted by Crippen LogP contribution is 2.26. The van der Waals surface area contributed by atoms with E-state index < -0.39 is 0 Å². The maximum atomic E-state index is 6.18. The predicted octanol–water partition coefficient (Wildman–Crippen LogP) is 5.00. The zero-order valence-electron chi connectivity index (χ0n) is 10.3. The topological polar surface area (TPSA) is 24.9 Å². The number of pyridine rings is 1. The largest absolute Gasteiger partial charge is 0.305 e. The summed E-state index contributed by atoms with van der Waals surface area (Å²) in [6.45, 7) is 2.75. The molecule has 0 saturated carbocycles. The quantitative estimate of drug-likeness (QED) is 0.830. The molecular formula is C14H13BrCl2N2. The summed E-state index contributed by atoms with van der Waals surface area (Å²) in [7, 11) is 0. The molecule has 0 fully saturated rings. The summed E-state index contributed by atoms with van der Waals surface area (Å²) < 4.78 is 0.977. The van der Waals surface area contributed by atoms with Crippen LogP contribution in [0.15, 0.2) is 41.0 Å². The van der Waals surface area contributed by atoms with Gasteiger partial charge in [-0.2, -0.15) is 0 Å². The van der Waals surface area contributed by atoms with Gasteiger partial charge in [-0.15, -0.1) is 0 Å². The summed E-state index contributed by atoms with van der Waals surface area (Å²) in [5.41, 5.74) is 2.02. The van der Waals surface area contributed by atoms with E-state index in [1.807, 2.05) is 24.3 Å². The van der Waals surface area contributed by atoms with Crippen LogP contribution in [0.3, 0.4) is 0 Å². The van der Waals surface area contributed by atoms with Crippen molar-refractivity contribution >= 4 is 39.1 Å². The molecular weight excluding hydrogens is 347 g/mol. The van der Waals surface area contributed by atoms with E-state index in [2.05, 4.69) is 33.2 Å². The SMILES string of the molecule is CC(NCc1ccc(Br)cn1)c1ccc(Cl)cc1Cl. The fourth-order valence-corrected chi connectivity index (χ4v) is 2.54. The average Bonchev–Trinajstić information content (AvgIpc) is 2.37. The molecule has 1 unspecified atom stereocenters. The van der Waals surface area contributed by atoms with Crippen molar-refractivity contribution in [1.29, 1.82) is 0 Å². The van der Waals surface area contributed by atoms with Crippen molar-refractivity contribution in [2.24, 2.45) is 0 Å². The van der Waals surface area contributed by atoms with Crippen molar-refractivity contribution in [2.45, 2.75) is 19.5 Å². The molecule has 0 saturated heterocycles. The molecule has 0 aliphatic carbocycles. The van der Waals surface area contributed by atoms with Crippen molar-refractivity contribution < 1.29 is 0 Å². The Labute approximate surface area is 131 Å². The van der Waals surface area contributed by atoms with Gasteiger partial charge in [-0.05, 0) is 52.7 Å². The maximum Gasteiger partial charge on any atom is 0.0542 e. The zero-order valence-corrected chi connectivity index (χ0v) is 13.4. The first-order valence-electron chi connectivity index (χ1n) is 5.85. The van der Waals surface area contributed by atoms with Crippen molar-refractivity contribution in [3.05, 3.63) is 62.3 Å². The van der Waals surface area contributed by atoms with E-state index in [0.717, 1.165) is 15.7 Å². The van der Waals surface area contributed by atoms with Crippen LogP contribution in [0.2, 0.25) is 10.0 Å². The molecule has 1 N–H and O–H groups in total. The van der Waals surface area contributed by atoms with E-state index in [-0.39, 0.29) is 6.04 Å². The molecule has 2 aromatic rings. The first-order valence-corrected chi connectivity index (χ1v) is 7.40. The first kappa shape index (κ1) is 14.8. The van der Waals surface area contributed by atoms with E-state index in [4.69, 9.17) is 23.2 Å². The lowest BCUT2D eigenvalue weighted by atomic mass is 10.1. The van der Waals surface area contributed by atoms with Crippen LogP contribution < -0.4 is 5.32 Å². The van der Waals surface area contributed by atoms with Crippen LogP contribution >= 0.6 is 39.1 Å². The molecule has 1 aromatic carbocycles. The summed E-state index contributed by atoms with van der Waals surface area (Å²) in [5, 5.41) is 4.72.